The summed E-state index contributed by atoms with van der Waals surface area (Å²) in [7, 11) is -3.58. The number of rotatable bonds is 7. The zero-order valence-corrected chi connectivity index (χ0v) is 12.5. The molecule has 1 aromatic rings. The Labute approximate surface area is 119 Å². The van der Waals surface area contributed by atoms with E-state index in [0.717, 1.165) is 5.56 Å². The molecule has 6 nitrogen and oxygen atoms in total. The average Bonchev–Trinajstić information content (AvgIpc) is 2.42. The summed E-state index contributed by atoms with van der Waals surface area (Å²) >= 11 is 0. The van der Waals surface area contributed by atoms with Crippen molar-refractivity contribution in [3.8, 4) is 0 Å². The Morgan fingerprint density at radius 3 is 2.35 bits per heavy atom. The van der Waals surface area contributed by atoms with Gasteiger partial charge in [0.1, 0.15) is 0 Å². The first kappa shape index (κ1) is 16.6. The number of sulfonamides is 1. The van der Waals surface area contributed by atoms with Crippen LogP contribution in [0.15, 0.2) is 29.2 Å². The van der Waals surface area contributed by atoms with Gasteiger partial charge in [0.2, 0.25) is 15.9 Å². The van der Waals surface area contributed by atoms with Gasteiger partial charge in [-0.2, -0.15) is 4.31 Å². The largest absolute Gasteiger partial charge is 0.395 e. The quantitative estimate of drug-likeness (QED) is 0.759. The van der Waals surface area contributed by atoms with Crippen LogP contribution in [-0.4, -0.2) is 43.4 Å². The number of carbonyl (C=O) groups is 1. The fourth-order valence-corrected chi connectivity index (χ4v) is 3.15. The molecule has 0 atom stereocenters. The summed E-state index contributed by atoms with van der Waals surface area (Å²) in [6.07, 6.45) is 0. The van der Waals surface area contributed by atoms with Crippen LogP contribution in [0.2, 0.25) is 0 Å². The highest BCUT2D eigenvalue weighted by Gasteiger charge is 2.22. The molecule has 0 saturated heterocycles. The van der Waals surface area contributed by atoms with Crippen molar-refractivity contribution in [2.45, 2.75) is 25.3 Å². The molecule has 0 bridgehead atoms. The molecule has 20 heavy (non-hydrogen) atoms. The zero-order valence-electron chi connectivity index (χ0n) is 11.7. The second-order valence-corrected chi connectivity index (χ2v) is 6.21. The molecule has 0 saturated carbocycles. The second kappa shape index (κ2) is 7.37. The fraction of sp³-hybridized carbons (Fsp3) is 0.462. The van der Waals surface area contributed by atoms with Gasteiger partial charge in [-0.15, -0.1) is 0 Å². The number of carbonyl (C=O) groups excluding carboxylic acids is 1. The summed E-state index contributed by atoms with van der Waals surface area (Å²) in [5, 5.41) is 11.5. The van der Waals surface area contributed by atoms with Crippen LogP contribution in [0.25, 0.3) is 0 Å². The number of benzene rings is 1. The highest BCUT2D eigenvalue weighted by atomic mass is 32.2. The van der Waals surface area contributed by atoms with Crippen molar-refractivity contribution >= 4 is 15.9 Å². The number of hydrogen-bond donors (Lipinski definition) is 2. The van der Waals surface area contributed by atoms with E-state index in [1.165, 1.54) is 23.4 Å². The number of nitrogens with one attached hydrogen (secondary N) is 1. The van der Waals surface area contributed by atoms with Crippen LogP contribution in [0.3, 0.4) is 0 Å². The Balaban J connectivity index is 2.88. The highest BCUT2D eigenvalue weighted by molar-refractivity contribution is 7.89. The number of likely N-dealkylation sites (N-methyl/N-ethyl adjacent to an activating group) is 1. The maximum absolute atomic E-state index is 12.3. The van der Waals surface area contributed by atoms with Crippen molar-refractivity contribution in [1.29, 1.82) is 0 Å². The summed E-state index contributed by atoms with van der Waals surface area (Å²) < 4.78 is 25.8. The molecule has 1 aromatic carbocycles. The smallest absolute Gasteiger partial charge is 0.243 e. The molecule has 0 spiro atoms. The first-order valence-electron chi connectivity index (χ1n) is 6.36. The monoisotopic (exact) mass is 300 g/mol. The molecule has 0 heterocycles. The molecular formula is C13H20N2O4S. The summed E-state index contributed by atoms with van der Waals surface area (Å²) in [5.74, 6) is -0.137. The van der Waals surface area contributed by atoms with Crippen molar-refractivity contribution in [1.82, 2.24) is 9.62 Å². The van der Waals surface area contributed by atoms with Gasteiger partial charge in [-0.25, -0.2) is 8.42 Å². The summed E-state index contributed by atoms with van der Waals surface area (Å²) in [6, 6.07) is 6.34. The Bertz CT molecular complexity index is 540. The van der Waals surface area contributed by atoms with Gasteiger partial charge in [0.05, 0.1) is 11.5 Å². The first-order chi connectivity index (χ1) is 9.41. The number of aliphatic hydroxyl groups excluding tert-OH is 1. The molecule has 0 fully saturated rings. The molecule has 112 valence electrons. The van der Waals surface area contributed by atoms with Crippen LogP contribution in [0.5, 0.6) is 0 Å². The van der Waals surface area contributed by atoms with Crippen molar-refractivity contribution in [3.05, 3.63) is 29.8 Å². The molecule has 0 aliphatic carbocycles. The molecule has 0 unspecified atom stereocenters. The van der Waals surface area contributed by atoms with Crippen LogP contribution in [0, 0.1) is 0 Å². The third kappa shape index (κ3) is 4.29. The average molecular weight is 300 g/mol. The topological polar surface area (TPSA) is 86.7 Å². The lowest BCUT2D eigenvalue weighted by atomic mass is 10.2. The SMILES string of the molecule is CCN(CCO)S(=O)(=O)c1ccc(CNC(C)=O)cc1. The Kier molecular flexibility index (Phi) is 6.12. The summed E-state index contributed by atoms with van der Waals surface area (Å²) in [4.78, 5) is 11.0. The van der Waals surface area contributed by atoms with Gasteiger partial charge in [-0.3, -0.25) is 4.79 Å². The molecular weight excluding hydrogens is 280 g/mol. The van der Waals surface area contributed by atoms with Crippen LogP contribution in [0.4, 0.5) is 0 Å². The van der Waals surface area contributed by atoms with Crippen molar-refractivity contribution in [3.63, 3.8) is 0 Å². The van der Waals surface area contributed by atoms with Crippen LogP contribution in [0.1, 0.15) is 19.4 Å². The van der Waals surface area contributed by atoms with Crippen molar-refractivity contribution < 1.29 is 18.3 Å². The van der Waals surface area contributed by atoms with Crippen LogP contribution < -0.4 is 5.32 Å². The van der Waals surface area contributed by atoms with Gasteiger partial charge in [0, 0.05) is 26.6 Å². The van der Waals surface area contributed by atoms with Gasteiger partial charge in [-0.1, -0.05) is 19.1 Å². The molecule has 0 aromatic heterocycles. The lowest BCUT2D eigenvalue weighted by molar-refractivity contribution is -0.119. The fourth-order valence-electron chi connectivity index (χ4n) is 1.71. The maximum atomic E-state index is 12.3. The van der Waals surface area contributed by atoms with E-state index in [-0.39, 0.29) is 24.0 Å². The lowest BCUT2D eigenvalue weighted by Crippen LogP contribution is -2.33. The van der Waals surface area contributed by atoms with Crippen molar-refractivity contribution in [2.75, 3.05) is 19.7 Å². The molecule has 0 radical (unpaired) electrons. The standard InChI is InChI=1S/C13H20N2O4S/c1-3-15(8-9-16)20(18,19)13-6-4-12(5-7-13)10-14-11(2)17/h4-7,16H,3,8-10H2,1-2H3,(H,14,17). The van der Waals surface area contributed by atoms with Crippen molar-refractivity contribution in [2.24, 2.45) is 0 Å². The summed E-state index contributed by atoms with van der Waals surface area (Å²) in [5.41, 5.74) is 0.823. The van der Waals surface area contributed by atoms with Gasteiger partial charge in [0.25, 0.3) is 0 Å². The summed E-state index contributed by atoms with van der Waals surface area (Å²) in [6.45, 7) is 3.67. The van der Waals surface area contributed by atoms with Gasteiger partial charge in [-0.05, 0) is 17.7 Å². The first-order valence-corrected chi connectivity index (χ1v) is 7.80. The van der Waals surface area contributed by atoms with E-state index in [1.807, 2.05) is 0 Å². The van der Waals surface area contributed by atoms with E-state index in [0.29, 0.717) is 13.1 Å². The molecule has 2 N–H and O–H groups in total. The van der Waals surface area contributed by atoms with Gasteiger partial charge < -0.3 is 10.4 Å². The predicted octanol–water partition coefficient (Wildman–Crippen LogP) is 0.326. The van der Waals surface area contributed by atoms with Gasteiger partial charge >= 0.3 is 0 Å². The Morgan fingerprint density at radius 1 is 1.30 bits per heavy atom. The van der Waals surface area contributed by atoms with Gasteiger partial charge in [0.15, 0.2) is 0 Å². The number of nitrogens with zero attached hydrogens (tertiary/aromatic N) is 1. The second-order valence-electron chi connectivity index (χ2n) is 4.27. The highest BCUT2D eigenvalue weighted by Crippen LogP contribution is 2.16. The molecule has 0 aliphatic rings. The molecule has 1 rings (SSSR count). The van der Waals surface area contributed by atoms with E-state index >= 15 is 0 Å². The Morgan fingerprint density at radius 2 is 1.90 bits per heavy atom. The minimum atomic E-state index is -3.58. The number of aliphatic hydroxyl groups is 1. The van der Waals surface area contributed by atoms with E-state index in [1.54, 1.807) is 19.1 Å². The third-order valence-corrected chi connectivity index (χ3v) is 4.79. The number of amides is 1. The minimum Gasteiger partial charge on any atom is -0.395 e. The zero-order chi connectivity index (χ0) is 15.2. The van der Waals surface area contributed by atoms with E-state index in [4.69, 9.17) is 5.11 Å². The third-order valence-electron chi connectivity index (χ3n) is 2.80. The molecule has 0 aliphatic heterocycles. The van der Waals surface area contributed by atoms with Crippen LogP contribution >= 0.6 is 0 Å². The van der Waals surface area contributed by atoms with Crippen LogP contribution in [-0.2, 0) is 21.4 Å². The maximum Gasteiger partial charge on any atom is 0.243 e. The minimum absolute atomic E-state index is 0.0759. The van der Waals surface area contributed by atoms with E-state index < -0.39 is 10.0 Å². The normalized spacial score (nSPS) is 11.6. The lowest BCUT2D eigenvalue weighted by Gasteiger charge is -2.19. The van der Waals surface area contributed by atoms with E-state index in [2.05, 4.69) is 5.32 Å². The molecule has 1 amide bonds. The predicted molar refractivity (Wildman–Crippen MR) is 75.5 cm³/mol. The Hall–Kier alpha value is -1.44. The molecule has 7 heteroatoms. The van der Waals surface area contributed by atoms with E-state index in [9.17, 15) is 13.2 Å². The number of hydrogen-bond acceptors (Lipinski definition) is 4.